The molecule has 3 aromatic rings. The van der Waals surface area contributed by atoms with Crippen molar-refractivity contribution in [3.05, 3.63) is 54.0 Å². The third-order valence-corrected chi connectivity index (χ3v) is 2.63. The minimum atomic E-state index is -0.280. The standard InChI is InChI=1S/C13H10FN3/c1-9-4-2-7-12-15-13(16-17(9)12)10-5-3-6-11(14)8-10/h2-8H,1H3. The molecule has 3 rings (SSSR count). The molecule has 17 heavy (non-hydrogen) atoms. The van der Waals surface area contributed by atoms with Gasteiger partial charge in [0.2, 0.25) is 0 Å². The number of halogens is 1. The average Bonchev–Trinajstić information content (AvgIpc) is 2.74. The predicted octanol–water partition coefficient (Wildman–Crippen LogP) is 2.84. The van der Waals surface area contributed by atoms with Gasteiger partial charge in [0, 0.05) is 11.3 Å². The first-order chi connectivity index (χ1) is 8.24. The van der Waals surface area contributed by atoms with Gasteiger partial charge in [0.1, 0.15) is 5.82 Å². The number of rotatable bonds is 1. The highest BCUT2D eigenvalue weighted by molar-refractivity contribution is 5.58. The van der Waals surface area contributed by atoms with Crippen LogP contribution in [0.2, 0.25) is 0 Å². The zero-order chi connectivity index (χ0) is 11.8. The Kier molecular flexibility index (Phi) is 2.14. The van der Waals surface area contributed by atoms with Crippen molar-refractivity contribution in [2.45, 2.75) is 6.92 Å². The van der Waals surface area contributed by atoms with E-state index < -0.39 is 0 Å². The van der Waals surface area contributed by atoms with Gasteiger partial charge in [0.25, 0.3) is 0 Å². The first kappa shape index (κ1) is 9.96. The van der Waals surface area contributed by atoms with Crippen molar-refractivity contribution in [3.63, 3.8) is 0 Å². The molecule has 2 heterocycles. The highest BCUT2D eigenvalue weighted by Gasteiger charge is 2.07. The summed E-state index contributed by atoms with van der Waals surface area (Å²) in [5, 5.41) is 4.36. The lowest BCUT2D eigenvalue weighted by Crippen LogP contribution is -1.91. The third-order valence-electron chi connectivity index (χ3n) is 2.63. The van der Waals surface area contributed by atoms with Crippen molar-refractivity contribution >= 4 is 5.65 Å². The largest absolute Gasteiger partial charge is 0.218 e. The maximum Gasteiger partial charge on any atom is 0.182 e. The third kappa shape index (κ3) is 1.67. The van der Waals surface area contributed by atoms with Crippen LogP contribution in [0.3, 0.4) is 0 Å². The Morgan fingerprint density at radius 2 is 1.94 bits per heavy atom. The number of aromatic nitrogens is 3. The second-order valence-electron chi connectivity index (χ2n) is 3.88. The van der Waals surface area contributed by atoms with Crippen LogP contribution in [0, 0.1) is 12.7 Å². The molecule has 0 unspecified atom stereocenters. The minimum absolute atomic E-state index is 0.280. The second-order valence-corrected chi connectivity index (χ2v) is 3.88. The van der Waals surface area contributed by atoms with Crippen molar-refractivity contribution in [2.75, 3.05) is 0 Å². The van der Waals surface area contributed by atoms with E-state index >= 15 is 0 Å². The summed E-state index contributed by atoms with van der Waals surface area (Å²) in [4.78, 5) is 4.37. The summed E-state index contributed by atoms with van der Waals surface area (Å²) in [6, 6.07) is 12.1. The van der Waals surface area contributed by atoms with Crippen LogP contribution in [-0.4, -0.2) is 14.6 Å². The van der Waals surface area contributed by atoms with Crippen molar-refractivity contribution in [1.82, 2.24) is 14.6 Å². The van der Waals surface area contributed by atoms with Gasteiger partial charge < -0.3 is 0 Å². The van der Waals surface area contributed by atoms with Gasteiger partial charge in [-0.1, -0.05) is 18.2 Å². The lowest BCUT2D eigenvalue weighted by molar-refractivity contribution is 0.628. The van der Waals surface area contributed by atoms with Crippen LogP contribution in [0.4, 0.5) is 4.39 Å². The molecule has 0 aliphatic heterocycles. The Labute approximate surface area is 97.5 Å². The number of fused-ring (bicyclic) bond motifs is 1. The molecule has 0 fully saturated rings. The quantitative estimate of drug-likeness (QED) is 0.640. The smallest absolute Gasteiger partial charge is 0.182 e. The number of benzene rings is 1. The molecular formula is C13H10FN3. The number of hydrogen-bond acceptors (Lipinski definition) is 2. The molecule has 0 spiro atoms. The van der Waals surface area contributed by atoms with Crippen molar-refractivity contribution in [2.24, 2.45) is 0 Å². The van der Waals surface area contributed by atoms with E-state index in [1.165, 1.54) is 12.1 Å². The Hall–Kier alpha value is -2.23. The first-order valence-electron chi connectivity index (χ1n) is 5.32. The van der Waals surface area contributed by atoms with E-state index in [1.54, 1.807) is 16.6 Å². The first-order valence-corrected chi connectivity index (χ1v) is 5.32. The molecule has 2 aromatic heterocycles. The normalized spacial score (nSPS) is 10.9. The lowest BCUT2D eigenvalue weighted by atomic mass is 10.2. The van der Waals surface area contributed by atoms with Crippen LogP contribution in [0.5, 0.6) is 0 Å². The van der Waals surface area contributed by atoms with Gasteiger partial charge in [0.15, 0.2) is 11.5 Å². The molecule has 0 aliphatic carbocycles. The summed E-state index contributed by atoms with van der Waals surface area (Å²) >= 11 is 0. The molecule has 3 nitrogen and oxygen atoms in total. The van der Waals surface area contributed by atoms with E-state index in [0.717, 1.165) is 11.3 Å². The summed E-state index contributed by atoms with van der Waals surface area (Å²) < 4.78 is 14.9. The molecule has 0 N–H and O–H groups in total. The SMILES string of the molecule is Cc1cccc2nc(-c3cccc(F)c3)nn12. The summed E-state index contributed by atoms with van der Waals surface area (Å²) in [5.74, 6) is 0.261. The second kappa shape index (κ2) is 3.66. The molecule has 0 bridgehead atoms. The van der Waals surface area contributed by atoms with Crippen molar-refractivity contribution in [1.29, 1.82) is 0 Å². The molecule has 0 aliphatic rings. The highest BCUT2D eigenvalue weighted by Crippen LogP contribution is 2.17. The fourth-order valence-electron chi connectivity index (χ4n) is 1.79. The van der Waals surface area contributed by atoms with Gasteiger partial charge in [-0.15, -0.1) is 5.10 Å². The maximum atomic E-state index is 13.1. The molecule has 0 amide bonds. The summed E-state index contributed by atoms with van der Waals surface area (Å²) in [7, 11) is 0. The zero-order valence-electron chi connectivity index (χ0n) is 9.26. The van der Waals surface area contributed by atoms with Gasteiger partial charge in [-0.25, -0.2) is 13.9 Å². The fraction of sp³-hybridized carbons (Fsp3) is 0.0769. The Balaban J connectivity index is 2.22. The number of hydrogen-bond donors (Lipinski definition) is 0. The molecule has 0 saturated carbocycles. The number of nitrogens with zero attached hydrogens (tertiary/aromatic N) is 3. The van der Waals surface area contributed by atoms with Gasteiger partial charge in [0.05, 0.1) is 0 Å². The van der Waals surface area contributed by atoms with Gasteiger partial charge in [-0.05, 0) is 31.2 Å². The van der Waals surface area contributed by atoms with Crippen LogP contribution in [0.1, 0.15) is 5.69 Å². The maximum absolute atomic E-state index is 13.1. The fourth-order valence-corrected chi connectivity index (χ4v) is 1.79. The van der Waals surface area contributed by atoms with E-state index in [0.29, 0.717) is 11.4 Å². The van der Waals surface area contributed by atoms with Crippen LogP contribution in [0.15, 0.2) is 42.5 Å². The average molecular weight is 227 g/mol. The van der Waals surface area contributed by atoms with E-state index in [9.17, 15) is 4.39 Å². The summed E-state index contributed by atoms with van der Waals surface area (Å²) in [5.41, 5.74) is 2.45. The summed E-state index contributed by atoms with van der Waals surface area (Å²) in [6.45, 7) is 1.96. The molecule has 84 valence electrons. The predicted molar refractivity (Wildman–Crippen MR) is 63.1 cm³/mol. The van der Waals surface area contributed by atoms with Crippen molar-refractivity contribution < 1.29 is 4.39 Å². The molecule has 0 radical (unpaired) electrons. The van der Waals surface area contributed by atoms with E-state index in [1.807, 2.05) is 25.1 Å². The van der Waals surface area contributed by atoms with Gasteiger partial charge in [-0.3, -0.25) is 0 Å². The molecule has 0 atom stereocenters. The summed E-state index contributed by atoms with van der Waals surface area (Å²) in [6.07, 6.45) is 0. The number of pyridine rings is 1. The number of aryl methyl sites for hydroxylation is 1. The lowest BCUT2D eigenvalue weighted by Gasteiger charge is -1.95. The monoisotopic (exact) mass is 227 g/mol. The van der Waals surface area contributed by atoms with E-state index in [-0.39, 0.29) is 5.82 Å². The van der Waals surface area contributed by atoms with Crippen LogP contribution < -0.4 is 0 Å². The molecule has 4 heteroatoms. The zero-order valence-corrected chi connectivity index (χ0v) is 9.26. The Morgan fingerprint density at radius 1 is 1.12 bits per heavy atom. The minimum Gasteiger partial charge on any atom is -0.218 e. The molecule has 0 saturated heterocycles. The Morgan fingerprint density at radius 3 is 2.71 bits per heavy atom. The topological polar surface area (TPSA) is 30.2 Å². The molecular weight excluding hydrogens is 217 g/mol. The van der Waals surface area contributed by atoms with Crippen molar-refractivity contribution in [3.8, 4) is 11.4 Å². The van der Waals surface area contributed by atoms with Gasteiger partial charge >= 0.3 is 0 Å². The van der Waals surface area contributed by atoms with Crippen LogP contribution in [-0.2, 0) is 0 Å². The van der Waals surface area contributed by atoms with E-state index in [4.69, 9.17) is 0 Å². The van der Waals surface area contributed by atoms with Gasteiger partial charge in [-0.2, -0.15) is 0 Å². The van der Waals surface area contributed by atoms with Crippen LogP contribution >= 0.6 is 0 Å². The van der Waals surface area contributed by atoms with Crippen LogP contribution in [0.25, 0.3) is 17.0 Å². The highest BCUT2D eigenvalue weighted by atomic mass is 19.1. The molecule has 1 aromatic carbocycles. The van der Waals surface area contributed by atoms with E-state index in [2.05, 4.69) is 10.1 Å². The Bertz CT molecular complexity index is 688.